The predicted molar refractivity (Wildman–Crippen MR) is 89.4 cm³/mol. The second kappa shape index (κ2) is 7.06. The number of hydrogen-bond acceptors (Lipinski definition) is 3. The van der Waals surface area contributed by atoms with Gasteiger partial charge in [0.1, 0.15) is 0 Å². The van der Waals surface area contributed by atoms with Gasteiger partial charge in [0.15, 0.2) is 0 Å². The molecule has 1 saturated heterocycles. The topological polar surface area (TPSA) is 15.3 Å². The summed E-state index contributed by atoms with van der Waals surface area (Å²) >= 11 is 1.93. The number of rotatable bonds is 5. The quantitative estimate of drug-likeness (QED) is 0.889. The first kappa shape index (κ1) is 16.0. The standard InChI is InChI=1S/C17H30N2S/c1-6-14-7-8-20-17(14)11-19-10-15(12(2)3)18-9-16(19)13(4)5/h7-8,12-13,15-16,18H,6,9-11H2,1-5H3. The molecule has 0 aliphatic carbocycles. The lowest BCUT2D eigenvalue weighted by atomic mass is 9.94. The first-order valence-electron chi connectivity index (χ1n) is 8.05. The monoisotopic (exact) mass is 294 g/mol. The number of thiophene rings is 1. The van der Waals surface area contributed by atoms with Gasteiger partial charge in [-0.3, -0.25) is 4.90 Å². The number of piperazine rings is 1. The van der Waals surface area contributed by atoms with Crippen LogP contribution in [0, 0.1) is 11.8 Å². The van der Waals surface area contributed by atoms with Gasteiger partial charge in [0, 0.05) is 36.6 Å². The van der Waals surface area contributed by atoms with E-state index in [1.165, 1.54) is 12.1 Å². The highest BCUT2D eigenvalue weighted by Crippen LogP contribution is 2.25. The molecule has 0 aromatic carbocycles. The summed E-state index contributed by atoms with van der Waals surface area (Å²) in [6.45, 7) is 15.1. The van der Waals surface area contributed by atoms with Crippen LogP contribution in [0.1, 0.15) is 45.1 Å². The van der Waals surface area contributed by atoms with Crippen LogP contribution in [-0.2, 0) is 13.0 Å². The minimum Gasteiger partial charge on any atom is -0.311 e. The highest BCUT2D eigenvalue weighted by Gasteiger charge is 2.31. The molecule has 0 amide bonds. The Kier molecular flexibility index (Phi) is 5.65. The molecule has 1 aromatic rings. The summed E-state index contributed by atoms with van der Waals surface area (Å²) in [5.41, 5.74) is 1.54. The number of nitrogens with one attached hydrogen (secondary N) is 1. The van der Waals surface area contributed by atoms with E-state index in [1.807, 2.05) is 11.3 Å². The molecule has 0 bridgehead atoms. The molecule has 2 heterocycles. The first-order valence-corrected chi connectivity index (χ1v) is 8.93. The second-order valence-electron chi connectivity index (χ2n) is 6.72. The number of hydrogen-bond donors (Lipinski definition) is 1. The molecule has 2 atom stereocenters. The van der Waals surface area contributed by atoms with E-state index in [0.717, 1.165) is 19.5 Å². The average Bonchev–Trinajstić information content (AvgIpc) is 2.85. The van der Waals surface area contributed by atoms with Gasteiger partial charge in [0.05, 0.1) is 0 Å². The van der Waals surface area contributed by atoms with E-state index in [0.29, 0.717) is 23.9 Å². The van der Waals surface area contributed by atoms with Crippen molar-refractivity contribution in [3.8, 4) is 0 Å². The van der Waals surface area contributed by atoms with Crippen LogP contribution in [0.25, 0.3) is 0 Å². The molecule has 1 aromatic heterocycles. The van der Waals surface area contributed by atoms with Crippen LogP contribution >= 0.6 is 11.3 Å². The minimum atomic E-state index is 0.634. The summed E-state index contributed by atoms with van der Waals surface area (Å²) in [4.78, 5) is 4.29. The molecule has 1 aliphatic heterocycles. The Hall–Kier alpha value is -0.380. The fourth-order valence-electron chi connectivity index (χ4n) is 3.14. The summed E-state index contributed by atoms with van der Waals surface area (Å²) in [7, 11) is 0. The highest BCUT2D eigenvalue weighted by atomic mass is 32.1. The van der Waals surface area contributed by atoms with Crippen molar-refractivity contribution in [2.24, 2.45) is 11.8 Å². The van der Waals surface area contributed by atoms with E-state index in [4.69, 9.17) is 0 Å². The van der Waals surface area contributed by atoms with E-state index in [9.17, 15) is 0 Å². The van der Waals surface area contributed by atoms with Crippen LogP contribution in [0.15, 0.2) is 11.4 Å². The van der Waals surface area contributed by atoms with Gasteiger partial charge >= 0.3 is 0 Å². The van der Waals surface area contributed by atoms with Gasteiger partial charge in [0.2, 0.25) is 0 Å². The van der Waals surface area contributed by atoms with Crippen molar-refractivity contribution in [3.05, 3.63) is 21.9 Å². The minimum absolute atomic E-state index is 0.634. The lowest BCUT2D eigenvalue weighted by Gasteiger charge is -2.43. The fourth-order valence-corrected chi connectivity index (χ4v) is 4.15. The Morgan fingerprint density at radius 2 is 2.05 bits per heavy atom. The SMILES string of the molecule is CCc1ccsc1CN1CC(C(C)C)NCC1C(C)C. The Bertz CT molecular complexity index is 411. The largest absolute Gasteiger partial charge is 0.311 e. The van der Waals surface area contributed by atoms with Crippen molar-refractivity contribution in [3.63, 3.8) is 0 Å². The Morgan fingerprint density at radius 1 is 1.30 bits per heavy atom. The van der Waals surface area contributed by atoms with E-state index in [1.54, 1.807) is 4.88 Å². The molecule has 3 heteroatoms. The zero-order chi connectivity index (χ0) is 14.7. The van der Waals surface area contributed by atoms with Crippen molar-refractivity contribution in [2.75, 3.05) is 13.1 Å². The molecule has 2 nitrogen and oxygen atoms in total. The third-order valence-electron chi connectivity index (χ3n) is 4.63. The van der Waals surface area contributed by atoms with Crippen LogP contribution in [0.4, 0.5) is 0 Å². The summed E-state index contributed by atoms with van der Waals surface area (Å²) in [6, 6.07) is 3.60. The van der Waals surface area contributed by atoms with E-state index < -0.39 is 0 Å². The summed E-state index contributed by atoms with van der Waals surface area (Å²) < 4.78 is 0. The smallest absolute Gasteiger partial charge is 0.0334 e. The number of nitrogens with zero attached hydrogens (tertiary/aromatic N) is 1. The zero-order valence-electron chi connectivity index (χ0n) is 13.6. The normalized spacial score (nSPS) is 24.8. The van der Waals surface area contributed by atoms with Crippen molar-refractivity contribution >= 4 is 11.3 Å². The van der Waals surface area contributed by atoms with Crippen LogP contribution in [0.5, 0.6) is 0 Å². The highest BCUT2D eigenvalue weighted by molar-refractivity contribution is 7.10. The van der Waals surface area contributed by atoms with Gasteiger partial charge in [0.25, 0.3) is 0 Å². The lowest BCUT2D eigenvalue weighted by Crippen LogP contribution is -2.59. The van der Waals surface area contributed by atoms with E-state index >= 15 is 0 Å². The average molecular weight is 295 g/mol. The van der Waals surface area contributed by atoms with Gasteiger partial charge in [-0.25, -0.2) is 0 Å². The maximum absolute atomic E-state index is 3.75. The predicted octanol–water partition coefficient (Wildman–Crippen LogP) is 3.76. The van der Waals surface area contributed by atoms with Crippen LogP contribution in [-0.4, -0.2) is 30.1 Å². The lowest BCUT2D eigenvalue weighted by molar-refractivity contribution is 0.0791. The van der Waals surface area contributed by atoms with Gasteiger partial charge < -0.3 is 5.32 Å². The number of aryl methyl sites for hydroxylation is 1. The molecule has 1 fully saturated rings. The molecule has 20 heavy (non-hydrogen) atoms. The van der Waals surface area contributed by atoms with Crippen molar-refractivity contribution < 1.29 is 0 Å². The second-order valence-corrected chi connectivity index (χ2v) is 7.72. The van der Waals surface area contributed by atoms with E-state index in [-0.39, 0.29) is 0 Å². The van der Waals surface area contributed by atoms with Crippen molar-refractivity contribution in [2.45, 2.75) is 59.7 Å². The molecule has 0 radical (unpaired) electrons. The Balaban J connectivity index is 2.11. The third kappa shape index (κ3) is 3.63. The molecule has 2 unspecified atom stereocenters. The zero-order valence-corrected chi connectivity index (χ0v) is 14.5. The van der Waals surface area contributed by atoms with Crippen molar-refractivity contribution in [1.82, 2.24) is 10.2 Å². The summed E-state index contributed by atoms with van der Waals surface area (Å²) in [5.74, 6) is 1.42. The molecule has 2 rings (SSSR count). The van der Waals surface area contributed by atoms with Gasteiger partial charge in [-0.05, 0) is 35.3 Å². The Morgan fingerprint density at radius 3 is 2.65 bits per heavy atom. The first-order chi connectivity index (χ1) is 9.52. The molecule has 114 valence electrons. The van der Waals surface area contributed by atoms with Gasteiger partial charge in [-0.1, -0.05) is 34.6 Å². The molecule has 1 N–H and O–H groups in total. The van der Waals surface area contributed by atoms with Crippen molar-refractivity contribution in [1.29, 1.82) is 0 Å². The van der Waals surface area contributed by atoms with Gasteiger partial charge in [-0.2, -0.15) is 0 Å². The van der Waals surface area contributed by atoms with Crippen LogP contribution in [0.2, 0.25) is 0 Å². The maximum Gasteiger partial charge on any atom is 0.0334 e. The van der Waals surface area contributed by atoms with Crippen LogP contribution in [0.3, 0.4) is 0 Å². The van der Waals surface area contributed by atoms with Gasteiger partial charge in [-0.15, -0.1) is 11.3 Å². The molecule has 0 spiro atoms. The molecular formula is C17H30N2S. The van der Waals surface area contributed by atoms with Crippen LogP contribution < -0.4 is 5.32 Å². The summed E-state index contributed by atoms with van der Waals surface area (Å²) in [5, 5.41) is 6.00. The maximum atomic E-state index is 3.75. The molecule has 0 saturated carbocycles. The fraction of sp³-hybridized carbons (Fsp3) is 0.765. The molecular weight excluding hydrogens is 264 g/mol. The third-order valence-corrected chi connectivity index (χ3v) is 5.58. The van der Waals surface area contributed by atoms with E-state index in [2.05, 4.69) is 56.3 Å². The summed E-state index contributed by atoms with van der Waals surface area (Å²) in [6.07, 6.45) is 1.16. The Labute approximate surface area is 128 Å². The molecule has 1 aliphatic rings.